The lowest BCUT2D eigenvalue weighted by Crippen LogP contribution is -2.26. The van der Waals surface area contributed by atoms with Gasteiger partial charge in [0.05, 0.1) is 12.3 Å². The van der Waals surface area contributed by atoms with Crippen molar-refractivity contribution >= 4 is 11.6 Å². The van der Waals surface area contributed by atoms with E-state index in [4.69, 9.17) is 4.42 Å². The van der Waals surface area contributed by atoms with Crippen LogP contribution in [0.5, 0.6) is 0 Å². The monoisotopic (exact) mass is 272 g/mol. The van der Waals surface area contributed by atoms with Crippen LogP contribution in [0.15, 0.2) is 41.0 Å². The third-order valence-corrected chi connectivity index (χ3v) is 3.17. The molecule has 2 N–H and O–H groups in total. The summed E-state index contributed by atoms with van der Waals surface area (Å²) in [5.41, 5.74) is 2.77. The summed E-state index contributed by atoms with van der Waals surface area (Å²) in [5, 5.41) is 6.18. The van der Waals surface area contributed by atoms with Crippen molar-refractivity contribution in [3.63, 3.8) is 0 Å². The number of rotatable bonds is 5. The van der Waals surface area contributed by atoms with Crippen LogP contribution in [-0.4, -0.2) is 12.5 Å². The number of aryl methyl sites for hydroxylation is 1. The summed E-state index contributed by atoms with van der Waals surface area (Å²) in [5.74, 6) is 0.652. The Hall–Kier alpha value is -2.23. The van der Waals surface area contributed by atoms with E-state index in [1.54, 1.807) is 6.26 Å². The van der Waals surface area contributed by atoms with Gasteiger partial charge in [-0.3, -0.25) is 4.79 Å². The molecule has 0 saturated carbocycles. The van der Waals surface area contributed by atoms with Gasteiger partial charge in [-0.25, -0.2) is 0 Å². The van der Waals surface area contributed by atoms with Crippen LogP contribution >= 0.6 is 0 Å². The lowest BCUT2D eigenvalue weighted by Gasteiger charge is -2.13. The van der Waals surface area contributed by atoms with Gasteiger partial charge in [-0.2, -0.15) is 0 Å². The molecule has 0 bridgehead atoms. The summed E-state index contributed by atoms with van der Waals surface area (Å²) >= 11 is 0. The quantitative estimate of drug-likeness (QED) is 0.875. The minimum atomic E-state index is -0.147. The highest BCUT2D eigenvalue weighted by Crippen LogP contribution is 2.18. The molecular weight excluding hydrogens is 252 g/mol. The molecule has 0 radical (unpaired) electrons. The second kappa shape index (κ2) is 6.28. The van der Waals surface area contributed by atoms with Gasteiger partial charge in [0, 0.05) is 17.8 Å². The van der Waals surface area contributed by atoms with Gasteiger partial charge in [-0.05, 0) is 56.7 Å². The van der Waals surface area contributed by atoms with Gasteiger partial charge in [-0.15, -0.1) is 0 Å². The molecular formula is C16H20N2O2. The molecule has 4 heteroatoms. The zero-order valence-corrected chi connectivity index (χ0v) is 12.1. The fourth-order valence-electron chi connectivity index (χ4n) is 2.08. The summed E-state index contributed by atoms with van der Waals surface area (Å²) in [7, 11) is 0. The maximum absolute atomic E-state index is 12.2. The summed E-state index contributed by atoms with van der Waals surface area (Å²) in [6.45, 7) is 6.80. The Labute approximate surface area is 119 Å². The molecule has 1 unspecified atom stereocenters. The van der Waals surface area contributed by atoms with E-state index in [1.807, 2.05) is 51.1 Å². The fourth-order valence-corrected chi connectivity index (χ4v) is 2.08. The van der Waals surface area contributed by atoms with Gasteiger partial charge >= 0.3 is 0 Å². The molecule has 0 aliphatic heterocycles. The summed E-state index contributed by atoms with van der Waals surface area (Å²) < 4.78 is 5.28. The second-order valence-electron chi connectivity index (χ2n) is 4.77. The molecule has 4 nitrogen and oxygen atoms in total. The van der Waals surface area contributed by atoms with Gasteiger partial charge < -0.3 is 15.1 Å². The van der Waals surface area contributed by atoms with E-state index < -0.39 is 0 Å². The van der Waals surface area contributed by atoms with Crippen molar-refractivity contribution in [2.45, 2.75) is 26.8 Å². The highest BCUT2D eigenvalue weighted by Gasteiger charge is 2.13. The van der Waals surface area contributed by atoms with Crippen molar-refractivity contribution in [1.29, 1.82) is 0 Å². The molecule has 0 saturated heterocycles. The van der Waals surface area contributed by atoms with Crippen LogP contribution in [0.4, 0.5) is 5.69 Å². The fraction of sp³-hybridized carbons (Fsp3) is 0.312. The predicted octanol–water partition coefficient (Wildman–Crippen LogP) is 3.51. The minimum absolute atomic E-state index is 0.0972. The van der Waals surface area contributed by atoms with E-state index in [-0.39, 0.29) is 11.9 Å². The highest BCUT2D eigenvalue weighted by atomic mass is 16.3. The lowest BCUT2D eigenvalue weighted by atomic mass is 10.1. The predicted molar refractivity (Wildman–Crippen MR) is 79.9 cm³/mol. The van der Waals surface area contributed by atoms with E-state index in [0.29, 0.717) is 5.56 Å². The molecule has 20 heavy (non-hydrogen) atoms. The number of hydrogen-bond donors (Lipinski definition) is 2. The number of hydrogen-bond acceptors (Lipinski definition) is 3. The largest absolute Gasteiger partial charge is 0.467 e. The first kappa shape index (κ1) is 14.2. The number of anilines is 1. The SMILES string of the molecule is CCNc1ccc(C(=O)NC(C)c2ccco2)cc1C. The normalized spacial score (nSPS) is 11.9. The van der Waals surface area contributed by atoms with Gasteiger partial charge in [-0.1, -0.05) is 0 Å². The molecule has 2 aromatic rings. The number of benzene rings is 1. The molecule has 1 aromatic carbocycles. The molecule has 2 rings (SSSR count). The first-order chi connectivity index (χ1) is 9.61. The van der Waals surface area contributed by atoms with Crippen LogP contribution in [-0.2, 0) is 0 Å². The van der Waals surface area contributed by atoms with Gasteiger partial charge in [0.15, 0.2) is 0 Å². The van der Waals surface area contributed by atoms with Crippen molar-refractivity contribution in [3.8, 4) is 0 Å². The van der Waals surface area contributed by atoms with Crippen LogP contribution in [0.25, 0.3) is 0 Å². The Bertz CT molecular complexity index is 576. The van der Waals surface area contributed by atoms with Crippen LogP contribution in [0.3, 0.4) is 0 Å². The average molecular weight is 272 g/mol. The zero-order chi connectivity index (χ0) is 14.5. The standard InChI is InChI=1S/C16H20N2O2/c1-4-17-14-8-7-13(10-11(14)2)16(19)18-12(3)15-6-5-9-20-15/h5-10,12,17H,4H2,1-3H3,(H,18,19). The smallest absolute Gasteiger partial charge is 0.251 e. The van der Waals surface area contributed by atoms with E-state index in [0.717, 1.165) is 23.6 Å². The summed E-state index contributed by atoms with van der Waals surface area (Å²) in [6, 6.07) is 9.17. The van der Waals surface area contributed by atoms with Crippen LogP contribution in [0, 0.1) is 6.92 Å². The van der Waals surface area contributed by atoms with Gasteiger partial charge in [0.1, 0.15) is 5.76 Å². The highest BCUT2D eigenvalue weighted by molar-refractivity contribution is 5.95. The van der Waals surface area contributed by atoms with E-state index in [2.05, 4.69) is 10.6 Å². The third-order valence-electron chi connectivity index (χ3n) is 3.17. The van der Waals surface area contributed by atoms with Crippen molar-refractivity contribution in [3.05, 3.63) is 53.5 Å². The summed E-state index contributed by atoms with van der Waals surface area (Å²) in [6.07, 6.45) is 1.60. The lowest BCUT2D eigenvalue weighted by molar-refractivity contribution is 0.0935. The van der Waals surface area contributed by atoms with Crippen molar-refractivity contribution < 1.29 is 9.21 Å². The van der Waals surface area contributed by atoms with Crippen molar-refractivity contribution in [1.82, 2.24) is 5.32 Å². The maximum Gasteiger partial charge on any atom is 0.251 e. The van der Waals surface area contributed by atoms with E-state index >= 15 is 0 Å². The zero-order valence-electron chi connectivity index (χ0n) is 12.1. The number of nitrogens with one attached hydrogen (secondary N) is 2. The van der Waals surface area contributed by atoms with Crippen LogP contribution < -0.4 is 10.6 Å². The molecule has 1 atom stereocenters. The Kier molecular flexibility index (Phi) is 4.45. The van der Waals surface area contributed by atoms with Gasteiger partial charge in [0.25, 0.3) is 5.91 Å². The number of carbonyl (C=O) groups is 1. The van der Waals surface area contributed by atoms with E-state index in [1.165, 1.54) is 0 Å². The molecule has 106 valence electrons. The van der Waals surface area contributed by atoms with Crippen LogP contribution in [0.2, 0.25) is 0 Å². The average Bonchev–Trinajstić information content (AvgIpc) is 2.95. The number of furan rings is 1. The third kappa shape index (κ3) is 3.20. The number of amides is 1. The first-order valence-electron chi connectivity index (χ1n) is 6.80. The topological polar surface area (TPSA) is 54.3 Å². The number of carbonyl (C=O) groups excluding carboxylic acids is 1. The maximum atomic E-state index is 12.2. The van der Waals surface area contributed by atoms with Crippen LogP contribution in [0.1, 0.15) is 41.6 Å². The second-order valence-corrected chi connectivity index (χ2v) is 4.77. The van der Waals surface area contributed by atoms with E-state index in [9.17, 15) is 4.79 Å². The van der Waals surface area contributed by atoms with Crippen molar-refractivity contribution in [2.75, 3.05) is 11.9 Å². The Morgan fingerprint density at radius 2 is 2.15 bits per heavy atom. The van der Waals surface area contributed by atoms with Crippen molar-refractivity contribution in [2.24, 2.45) is 0 Å². The van der Waals surface area contributed by atoms with Gasteiger partial charge in [0.2, 0.25) is 0 Å². The minimum Gasteiger partial charge on any atom is -0.467 e. The molecule has 0 aliphatic rings. The Morgan fingerprint density at radius 3 is 2.75 bits per heavy atom. The molecule has 1 heterocycles. The summed E-state index contributed by atoms with van der Waals surface area (Å²) in [4.78, 5) is 12.2. The Balaban J connectivity index is 2.07. The molecule has 0 spiro atoms. The Morgan fingerprint density at radius 1 is 1.35 bits per heavy atom. The molecule has 1 amide bonds. The molecule has 0 aliphatic carbocycles. The first-order valence-corrected chi connectivity index (χ1v) is 6.80. The molecule has 1 aromatic heterocycles. The molecule has 0 fully saturated rings.